The summed E-state index contributed by atoms with van der Waals surface area (Å²) < 4.78 is 5.81. The molecule has 3 heteroatoms. The number of benzene rings is 2. The molecule has 0 amide bonds. The van der Waals surface area contributed by atoms with Crippen molar-refractivity contribution < 1.29 is 4.74 Å². The van der Waals surface area contributed by atoms with Crippen LogP contribution in [0.5, 0.6) is 11.5 Å². The Kier molecular flexibility index (Phi) is 1.80. The number of hydrogen-bond acceptors (Lipinski definition) is 3. The topological polar surface area (TPSA) is 38.5 Å². The molecular formula is C13H12N2O. The summed E-state index contributed by atoms with van der Waals surface area (Å²) in [6.07, 6.45) is 0. The SMILES string of the molecule is CN1c2ccccc2Oc2ccc(N)cc21. The van der Waals surface area contributed by atoms with E-state index in [1.54, 1.807) is 0 Å². The van der Waals surface area contributed by atoms with Gasteiger partial charge in [-0.15, -0.1) is 0 Å². The van der Waals surface area contributed by atoms with Gasteiger partial charge in [-0.3, -0.25) is 0 Å². The molecule has 0 spiro atoms. The zero-order valence-electron chi connectivity index (χ0n) is 8.97. The van der Waals surface area contributed by atoms with Crippen molar-refractivity contribution in [3.8, 4) is 11.5 Å². The zero-order valence-corrected chi connectivity index (χ0v) is 8.97. The molecule has 0 saturated carbocycles. The highest BCUT2D eigenvalue weighted by Gasteiger charge is 2.20. The molecule has 3 nitrogen and oxygen atoms in total. The first-order valence-corrected chi connectivity index (χ1v) is 5.16. The monoisotopic (exact) mass is 212 g/mol. The third-order valence-corrected chi connectivity index (χ3v) is 2.79. The fraction of sp³-hybridized carbons (Fsp3) is 0.0769. The molecule has 0 aromatic heterocycles. The highest BCUT2D eigenvalue weighted by atomic mass is 16.5. The first-order chi connectivity index (χ1) is 7.75. The molecule has 80 valence electrons. The largest absolute Gasteiger partial charge is 0.453 e. The predicted octanol–water partition coefficient (Wildman–Crippen LogP) is 3.14. The first kappa shape index (κ1) is 9.09. The van der Waals surface area contributed by atoms with Crippen molar-refractivity contribution in [1.29, 1.82) is 0 Å². The van der Waals surface area contributed by atoms with Crippen molar-refractivity contribution in [2.24, 2.45) is 0 Å². The van der Waals surface area contributed by atoms with Crippen LogP contribution in [-0.4, -0.2) is 7.05 Å². The number of anilines is 3. The number of ether oxygens (including phenoxy) is 1. The van der Waals surface area contributed by atoms with Crippen molar-refractivity contribution in [2.45, 2.75) is 0 Å². The Morgan fingerprint density at radius 1 is 1.00 bits per heavy atom. The second kappa shape index (κ2) is 3.17. The van der Waals surface area contributed by atoms with Crippen LogP contribution in [0.15, 0.2) is 42.5 Å². The van der Waals surface area contributed by atoms with Crippen LogP contribution in [0.4, 0.5) is 17.1 Å². The molecule has 1 aliphatic rings. The van der Waals surface area contributed by atoms with E-state index in [9.17, 15) is 0 Å². The van der Waals surface area contributed by atoms with E-state index in [4.69, 9.17) is 10.5 Å². The summed E-state index contributed by atoms with van der Waals surface area (Å²) in [6, 6.07) is 13.6. The third kappa shape index (κ3) is 1.21. The molecule has 1 aliphatic heterocycles. The van der Waals surface area contributed by atoms with Crippen LogP contribution in [0.2, 0.25) is 0 Å². The number of nitrogen functional groups attached to an aromatic ring is 1. The quantitative estimate of drug-likeness (QED) is 0.682. The Bertz CT molecular complexity index is 551. The molecular weight excluding hydrogens is 200 g/mol. The second-order valence-electron chi connectivity index (χ2n) is 3.86. The predicted molar refractivity (Wildman–Crippen MR) is 65.4 cm³/mol. The van der Waals surface area contributed by atoms with E-state index >= 15 is 0 Å². The van der Waals surface area contributed by atoms with Gasteiger partial charge >= 0.3 is 0 Å². The van der Waals surface area contributed by atoms with Crippen LogP contribution < -0.4 is 15.4 Å². The molecule has 2 aromatic carbocycles. The Morgan fingerprint density at radius 3 is 2.62 bits per heavy atom. The van der Waals surface area contributed by atoms with E-state index in [1.807, 2.05) is 49.5 Å². The lowest BCUT2D eigenvalue weighted by molar-refractivity contribution is 0.475. The van der Waals surface area contributed by atoms with Gasteiger partial charge in [-0.05, 0) is 30.3 Å². The zero-order chi connectivity index (χ0) is 11.1. The smallest absolute Gasteiger partial charge is 0.151 e. The maximum atomic E-state index is 5.81. The van der Waals surface area contributed by atoms with Gasteiger partial charge in [0.15, 0.2) is 11.5 Å². The number of nitrogens with two attached hydrogens (primary N) is 1. The molecule has 0 radical (unpaired) electrons. The van der Waals surface area contributed by atoms with Gasteiger partial charge in [0.05, 0.1) is 11.4 Å². The van der Waals surface area contributed by atoms with Gasteiger partial charge in [0, 0.05) is 12.7 Å². The van der Waals surface area contributed by atoms with E-state index in [0.29, 0.717) is 0 Å². The molecule has 2 N–H and O–H groups in total. The molecule has 0 saturated heterocycles. The fourth-order valence-electron chi connectivity index (χ4n) is 1.95. The minimum absolute atomic E-state index is 0.744. The summed E-state index contributed by atoms with van der Waals surface area (Å²) in [5.41, 5.74) is 8.58. The lowest BCUT2D eigenvalue weighted by atomic mass is 10.1. The minimum Gasteiger partial charge on any atom is -0.453 e. The van der Waals surface area contributed by atoms with Crippen molar-refractivity contribution in [3.05, 3.63) is 42.5 Å². The van der Waals surface area contributed by atoms with Crippen LogP contribution in [0.3, 0.4) is 0 Å². The van der Waals surface area contributed by atoms with Gasteiger partial charge in [-0.1, -0.05) is 12.1 Å². The number of hydrogen-bond donors (Lipinski definition) is 1. The summed E-state index contributed by atoms with van der Waals surface area (Å²) in [7, 11) is 2.01. The third-order valence-electron chi connectivity index (χ3n) is 2.79. The standard InChI is InChI=1S/C13H12N2O/c1-15-10-4-2-3-5-12(10)16-13-7-6-9(14)8-11(13)15/h2-8H,14H2,1H3. The van der Waals surface area contributed by atoms with Crippen LogP contribution in [-0.2, 0) is 0 Å². The minimum atomic E-state index is 0.744. The maximum absolute atomic E-state index is 5.81. The number of rotatable bonds is 0. The summed E-state index contributed by atoms with van der Waals surface area (Å²) in [4.78, 5) is 2.09. The lowest BCUT2D eigenvalue weighted by Gasteiger charge is -2.29. The average molecular weight is 212 g/mol. The Morgan fingerprint density at radius 2 is 1.75 bits per heavy atom. The first-order valence-electron chi connectivity index (χ1n) is 5.16. The van der Waals surface area contributed by atoms with Crippen LogP contribution in [0.1, 0.15) is 0 Å². The Labute approximate surface area is 94.1 Å². The van der Waals surface area contributed by atoms with Gasteiger partial charge in [-0.25, -0.2) is 0 Å². The van der Waals surface area contributed by atoms with Crippen molar-refractivity contribution in [1.82, 2.24) is 0 Å². The van der Waals surface area contributed by atoms with Crippen LogP contribution >= 0.6 is 0 Å². The normalized spacial score (nSPS) is 12.7. The van der Waals surface area contributed by atoms with Gasteiger partial charge < -0.3 is 15.4 Å². The molecule has 0 aliphatic carbocycles. The van der Waals surface area contributed by atoms with Gasteiger partial charge in [0.25, 0.3) is 0 Å². The lowest BCUT2D eigenvalue weighted by Crippen LogP contribution is -2.15. The van der Waals surface area contributed by atoms with E-state index in [0.717, 1.165) is 28.6 Å². The maximum Gasteiger partial charge on any atom is 0.151 e. The van der Waals surface area contributed by atoms with Crippen molar-refractivity contribution in [3.63, 3.8) is 0 Å². The molecule has 0 unspecified atom stereocenters. The number of para-hydroxylation sites is 2. The van der Waals surface area contributed by atoms with Gasteiger partial charge in [0.2, 0.25) is 0 Å². The fourth-order valence-corrected chi connectivity index (χ4v) is 1.95. The average Bonchev–Trinajstić information content (AvgIpc) is 2.31. The van der Waals surface area contributed by atoms with E-state index < -0.39 is 0 Å². The molecule has 0 fully saturated rings. The molecule has 0 atom stereocenters. The molecule has 3 rings (SSSR count). The number of fused-ring (bicyclic) bond motifs is 2. The summed E-state index contributed by atoms with van der Waals surface area (Å²) >= 11 is 0. The molecule has 16 heavy (non-hydrogen) atoms. The molecule has 1 heterocycles. The van der Waals surface area contributed by atoms with E-state index in [1.165, 1.54) is 0 Å². The Balaban J connectivity index is 2.19. The van der Waals surface area contributed by atoms with Crippen molar-refractivity contribution >= 4 is 17.1 Å². The Hall–Kier alpha value is -2.16. The summed E-state index contributed by atoms with van der Waals surface area (Å²) in [5, 5.41) is 0. The highest BCUT2D eigenvalue weighted by Crippen LogP contribution is 2.45. The highest BCUT2D eigenvalue weighted by molar-refractivity contribution is 5.79. The van der Waals surface area contributed by atoms with Gasteiger partial charge in [0.1, 0.15) is 0 Å². The number of nitrogens with zero attached hydrogens (tertiary/aromatic N) is 1. The molecule has 0 bridgehead atoms. The summed E-state index contributed by atoms with van der Waals surface area (Å²) in [6.45, 7) is 0. The second-order valence-corrected chi connectivity index (χ2v) is 3.86. The van der Waals surface area contributed by atoms with Crippen molar-refractivity contribution in [2.75, 3.05) is 17.7 Å². The molecule has 2 aromatic rings. The van der Waals surface area contributed by atoms with Gasteiger partial charge in [-0.2, -0.15) is 0 Å². The van der Waals surface area contributed by atoms with Crippen LogP contribution in [0.25, 0.3) is 0 Å². The van der Waals surface area contributed by atoms with E-state index in [2.05, 4.69) is 4.90 Å². The van der Waals surface area contributed by atoms with E-state index in [-0.39, 0.29) is 0 Å². The summed E-state index contributed by atoms with van der Waals surface area (Å²) in [5.74, 6) is 1.72. The van der Waals surface area contributed by atoms with Crippen LogP contribution in [0, 0.1) is 0 Å².